The van der Waals surface area contributed by atoms with Gasteiger partial charge in [-0.1, -0.05) is 24.3 Å². The van der Waals surface area contributed by atoms with E-state index >= 15 is 0 Å². The van der Waals surface area contributed by atoms with Crippen LogP contribution in [0.3, 0.4) is 0 Å². The summed E-state index contributed by atoms with van der Waals surface area (Å²) in [6.07, 6.45) is 3.56. The summed E-state index contributed by atoms with van der Waals surface area (Å²) in [7, 11) is 0. The summed E-state index contributed by atoms with van der Waals surface area (Å²) in [5.74, 6) is -1.14. The summed E-state index contributed by atoms with van der Waals surface area (Å²) in [5.41, 5.74) is 3.67. The third-order valence-electron chi connectivity index (χ3n) is 5.40. The van der Waals surface area contributed by atoms with E-state index in [-0.39, 0.29) is 11.4 Å². The van der Waals surface area contributed by atoms with Crippen LogP contribution in [-0.4, -0.2) is 28.4 Å². The minimum atomic E-state index is -0.571. The highest BCUT2D eigenvalue weighted by molar-refractivity contribution is 6.06. The van der Waals surface area contributed by atoms with E-state index in [2.05, 4.69) is 5.32 Å². The number of pyridine rings is 1. The number of nitrogens with one attached hydrogen (secondary N) is 1. The van der Waals surface area contributed by atoms with Gasteiger partial charge in [-0.05, 0) is 50.3 Å². The van der Waals surface area contributed by atoms with Crippen molar-refractivity contribution in [1.29, 1.82) is 0 Å². The van der Waals surface area contributed by atoms with Crippen LogP contribution in [0.2, 0.25) is 0 Å². The number of carbonyl (C=O) groups excluding carboxylic acids is 2. The topological polar surface area (TPSA) is 111 Å². The average molecular weight is 419 g/mol. The van der Waals surface area contributed by atoms with Crippen LogP contribution in [0.4, 0.5) is 11.4 Å². The molecule has 0 fully saturated rings. The molecule has 3 aromatic rings. The van der Waals surface area contributed by atoms with Gasteiger partial charge >= 0.3 is 5.97 Å². The molecule has 0 aliphatic heterocycles. The minimum Gasteiger partial charge on any atom is -0.452 e. The molecule has 0 unspecified atom stereocenters. The van der Waals surface area contributed by atoms with Gasteiger partial charge in [0, 0.05) is 28.4 Å². The van der Waals surface area contributed by atoms with Gasteiger partial charge < -0.3 is 10.1 Å². The van der Waals surface area contributed by atoms with E-state index in [9.17, 15) is 19.7 Å². The second-order valence-corrected chi connectivity index (χ2v) is 7.52. The monoisotopic (exact) mass is 419 g/mol. The van der Waals surface area contributed by atoms with E-state index < -0.39 is 23.4 Å². The highest BCUT2D eigenvalue weighted by atomic mass is 16.6. The van der Waals surface area contributed by atoms with Crippen LogP contribution in [0.5, 0.6) is 0 Å². The zero-order chi connectivity index (χ0) is 22.0. The molecular weight excluding hydrogens is 398 g/mol. The molecule has 2 aromatic carbocycles. The molecule has 1 aliphatic carbocycles. The Balaban J connectivity index is 1.52. The molecule has 8 heteroatoms. The van der Waals surface area contributed by atoms with Crippen LogP contribution >= 0.6 is 0 Å². The van der Waals surface area contributed by atoms with E-state index in [1.807, 2.05) is 24.3 Å². The molecule has 0 saturated heterocycles. The Labute approximate surface area is 178 Å². The minimum absolute atomic E-state index is 0.0929. The third kappa shape index (κ3) is 4.23. The zero-order valence-electron chi connectivity index (χ0n) is 17.0. The molecule has 8 nitrogen and oxygen atoms in total. The fraction of sp³-hybridized carbons (Fsp3) is 0.261. The molecule has 1 amide bonds. The van der Waals surface area contributed by atoms with Crippen molar-refractivity contribution in [3.63, 3.8) is 0 Å². The molecule has 1 heterocycles. The molecule has 1 N–H and O–H groups in total. The van der Waals surface area contributed by atoms with Crippen molar-refractivity contribution in [2.45, 2.75) is 32.6 Å². The Hall–Kier alpha value is -3.81. The number of aromatic nitrogens is 1. The molecule has 1 aromatic heterocycles. The lowest BCUT2D eigenvalue weighted by Crippen LogP contribution is -2.22. The summed E-state index contributed by atoms with van der Waals surface area (Å²) in [4.78, 5) is 40.5. The average Bonchev–Trinajstić information content (AvgIpc) is 2.77. The van der Waals surface area contributed by atoms with Gasteiger partial charge in [-0.2, -0.15) is 0 Å². The number of fused-ring (bicyclic) bond motifs is 2. The first-order valence-corrected chi connectivity index (χ1v) is 10.1. The number of nitro benzene ring substituents is 1. The van der Waals surface area contributed by atoms with Gasteiger partial charge in [0.25, 0.3) is 11.6 Å². The first kappa shape index (κ1) is 20.5. The number of carbonyl (C=O) groups is 2. The van der Waals surface area contributed by atoms with Crippen molar-refractivity contribution in [3.8, 4) is 0 Å². The maximum atomic E-state index is 13.0. The zero-order valence-corrected chi connectivity index (χ0v) is 17.0. The number of nitro groups is 1. The van der Waals surface area contributed by atoms with Crippen LogP contribution in [0.25, 0.3) is 10.9 Å². The predicted octanol–water partition coefficient (Wildman–Crippen LogP) is 4.13. The number of aryl methyl sites for hydroxylation is 2. The third-order valence-corrected chi connectivity index (χ3v) is 5.40. The van der Waals surface area contributed by atoms with Gasteiger partial charge in [-0.3, -0.25) is 19.9 Å². The Bertz CT molecular complexity index is 1210. The second-order valence-electron chi connectivity index (χ2n) is 7.52. The highest BCUT2D eigenvalue weighted by Gasteiger charge is 2.24. The number of benzene rings is 2. The molecule has 31 heavy (non-hydrogen) atoms. The van der Waals surface area contributed by atoms with Crippen LogP contribution in [0.1, 0.15) is 40.0 Å². The van der Waals surface area contributed by atoms with Crippen molar-refractivity contribution in [3.05, 3.63) is 75.0 Å². The largest absolute Gasteiger partial charge is 0.452 e. The molecule has 158 valence electrons. The summed E-state index contributed by atoms with van der Waals surface area (Å²) in [6.45, 7) is 1.12. The number of amides is 1. The van der Waals surface area contributed by atoms with Crippen LogP contribution in [-0.2, 0) is 22.4 Å². The Kier molecular flexibility index (Phi) is 5.62. The molecule has 1 aliphatic rings. The molecule has 4 rings (SSSR count). The fourth-order valence-electron chi connectivity index (χ4n) is 3.89. The highest BCUT2D eigenvalue weighted by Crippen LogP contribution is 2.30. The molecule has 0 spiro atoms. The van der Waals surface area contributed by atoms with Gasteiger partial charge in [0.1, 0.15) is 0 Å². The molecule has 0 bridgehead atoms. The van der Waals surface area contributed by atoms with Gasteiger partial charge in [-0.25, -0.2) is 4.79 Å². The van der Waals surface area contributed by atoms with Gasteiger partial charge in [0.05, 0.1) is 16.0 Å². The van der Waals surface area contributed by atoms with Gasteiger partial charge in [-0.15, -0.1) is 0 Å². The van der Waals surface area contributed by atoms with Crippen LogP contribution in [0.15, 0.2) is 42.5 Å². The van der Waals surface area contributed by atoms with Crippen molar-refractivity contribution < 1.29 is 19.2 Å². The van der Waals surface area contributed by atoms with Crippen molar-refractivity contribution in [2.24, 2.45) is 0 Å². The Morgan fingerprint density at radius 2 is 1.94 bits per heavy atom. The maximum Gasteiger partial charge on any atom is 0.339 e. The lowest BCUT2D eigenvalue weighted by Gasteiger charge is -2.19. The fourth-order valence-corrected chi connectivity index (χ4v) is 3.89. The van der Waals surface area contributed by atoms with Crippen LogP contribution in [0, 0.1) is 17.0 Å². The van der Waals surface area contributed by atoms with E-state index in [0.29, 0.717) is 16.5 Å². The number of para-hydroxylation sites is 1. The summed E-state index contributed by atoms with van der Waals surface area (Å²) in [6, 6.07) is 11.8. The standard InChI is InChI=1S/C23H21N3O5/c1-14-10-11-15(12-20(14)26(29)30)24-21(27)13-31-23(28)22-16-6-2-4-8-18(16)25-19-9-5-3-7-17(19)22/h2,4,6,8,10-12H,3,5,7,9,13H2,1H3,(H,24,27). The predicted molar refractivity (Wildman–Crippen MR) is 115 cm³/mol. The summed E-state index contributed by atoms with van der Waals surface area (Å²) < 4.78 is 5.33. The number of hydrogen-bond acceptors (Lipinski definition) is 6. The van der Waals surface area contributed by atoms with E-state index in [1.165, 1.54) is 6.07 Å². The van der Waals surface area contributed by atoms with E-state index in [4.69, 9.17) is 9.72 Å². The van der Waals surface area contributed by atoms with Gasteiger partial charge in [0.2, 0.25) is 0 Å². The SMILES string of the molecule is Cc1ccc(NC(=O)COC(=O)c2c3c(nc4ccccc24)CCCC3)cc1[N+](=O)[O-]. The van der Waals surface area contributed by atoms with Crippen LogP contribution < -0.4 is 5.32 Å². The quantitative estimate of drug-likeness (QED) is 0.378. The molecular formula is C23H21N3O5. The summed E-state index contributed by atoms with van der Waals surface area (Å²) >= 11 is 0. The van der Waals surface area contributed by atoms with Crippen molar-refractivity contribution in [2.75, 3.05) is 11.9 Å². The number of anilines is 1. The Morgan fingerprint density at radius 3 is 2.74 bits per heavy atom. The number of nitrogens with zero attached hydrogens (tertiary/aromatic N) is 2. The second kappa shape index (κ2) is 8.51. The molecule has 0 saturated carbocycles. The smallest absolute Gasteiger partial charge is 0.339 e. The molecule has 0 radical (unpaired) electrons. The first-order chi connectivity index (χ1) is 14.9. The van der Waals surface area contributed by atoms with Gasteiger partial charge in [0.15, 0.2) is 6.61 Å². The first-order valence-electron chi connectivity index (χ1n) is 10.1. The number of ether oxygens (including phenoxy) is 1. The van der Waals surface area contributed by atoms with E-state index in [1.54, 1.807) is 19.1 Å². The summed E-state index contributed by atoms with van der Waals surface area (Å²) in [5, 5.41) is 14.3. The van der Waals surface area contributed by atoms with Crippen molar-refractivity contribution >= 4 is 34.2 Å². The van der Waals surface area contributed by atoms with E-state index in [0.717, 1.165) is 42.5 Å². The Morgan fingerprint density at radius 1 is 1.16 bits per heavy atom. The van der Waals surface area contributed by atoms with Crippen molar-refractivity contribution in [1.82, 2.24) is 4.98 Å². The number of rotatable bonds is 5. The normalized spacial score (nSPS) is 12.8. The number of hydrogen-bond donors (Lipinski definition) is 1. The lowest BCUT2D eigenvalue weighted by molar-refractivity contribution is -0.385. The number of esters is 1. The molecule has 0 atom stereocenters. The maximum absolute atomic E-state index is 13.0. The lowest BCUT2D eigenvalue weighted by atomic mass is 9.90.